The molecule has 0 aromatic heterocycles. The summed E-state index contributed by atoms with van der Waals surface area (Å²) in [6.07, 6.45) is 0. The van der Waals surface area contributed by atoms with Crippen LogP contribution in [0, 0.1) is 0 Å². The molecular weight excluding hydrogens is 287 g/mol. The minimum Gasteiger partial charge on any atom is -0.282 e. The Kier molecular flexibility index (Phi) is 3.88. The number of benzene rings is 2. The SMILES string of the molecule is O=S(=O)(O)c1ccc([P+](=S)c2ccccc2)cc1. The maximum atomic E-state index is 10.9. The molecule has 1 atom stereocenters. The van der Waals surface area contributed by atoms with Crippen LogP contribution in [0.1, 0.15) is 0 Å². The van der Waals surface area contributed by atoms with Gasteiger partial charge in [0.05, 0.1) is 4.90 Å². The van der Waals surface area contributed by atoms with Crippen LogP contribution in [0.4, 0.5) is 0 Å². The summed E-state index contributed by atoms with van der Waals surface area (Å²) in [6.45, 7) is -0.912. The zero-order valence-corrected chi connectivity index (χ0v) is 11.8. The monoisotopic (exact) mass is 297 g/mol. The van der Waals surface area contributed by atoms with Gasteiger partial charge in [0.15, 0.2) is 22.4 Å². The van der Waals surface area contributed by atoms with Crippen molar-refractivity contribution in [2.24, 2.45) is 0 Å². The molecule has 2 aromatic carbocycles. The molecule has 0 fully saturated rings. The minimum atomic E-state index is -4.14. The molecule has 2 rings (SSSR count). The molecule has 0 heterocycles. The molecule has 92 valence electrons. The normalized spacial score (nSPS) is 12.2. The highest BCUT2D eigenvalue weighted by Gasteiger charge is 2.18. The van der Waals surface area contributed by atoms with E-state index in [1.54, 1.807) is 12.1 Å². The largest absolute Gasteiger partial charge is 0.294 e. The van der Waals surface area contributed by atoms with E-state index in [0.29, 0.717) is 0 Å². The number of hydrogen-bond donors (Lipinski definition) is 1. The van der Waals surface area contributed by atoms with Crippen molar-refractivity contribution < 1.29 is 13.0 Å². The third kappa shape index (κ3) is 3.00. The number of rotatable bonds is 3. The molecule has 3 nitrogen and oxygen atoms in total. The third-order valence-corrected chi connectivity index (χ3v) is 6.03. The van der Waals surface area contributed by atoms with Crippen LogP contribution < -0.4 is 10.6 Å². The van der Waals surface area contributed by atoms with Gasteiger partial charge in [-0.15, -0.1) is 0 Å². The highest BCUT2D eigenvalue weighted by Crippen LogP contribution is 2.20. The van der Waals surface area contributed by atoms with E-state index in [0.717, 1.165) is 10.6 Å². The second-order valence-electron chi connectivity index (χ2n) is 3.60. The van der Waals surface area contributed by atoms with Gasteiger partial charge in [0, 0.05) is 0 Å². The van der Waals surface area contributed by atoms with E-state index >= 15 is 0 Å². The molecule has 6 heteroatoms. The summed E-state index contributed by atoms with van der Waals surface area (Å²) in [7, 11) is -4.14. The highest BCUT2D eigenvalue weighted by molar-refractivity contribution is 8.12. The first-order chi connectivity index (χ1) is 8.48. The second-order valence-corrected chi connectivity index (χ2v) is 7.74. The zero-order valence-electron chi connectivity index (χ0n) is 9.22. The van der Waals surface area contributed by atoms with Gasteiger partial charge in [0.1, 0.15) is 0 Å². The molecule has 0 amide bonds. The maximum Gasteiger partial charge on any atom is 0.294 e. The second kappa shape index (κ2) is 5.24. The van der Waals surface area contributed by atoms with E-state index in [9.17, 15) is 8.42 Å². The Morgan fingerprint density at radius 2 is 1.39 bits per heavy atom. The van der Waals surface area contributed by atoms with Crippen LogP contribution >= 0.6 is 6.70 Å². The Hall–Kier alpha value is -1.13. The Balaban J connectivity index is 2.34. The summed E-state index contributed by atoms with van der Waals surface area (Å²) in [4.78, 5) is -0.113. The van der Waals surface area contributed by atoms with E-state index in [1.807, 2.05) is 30.3 Å². The van der Waals surface area contributed by atoms with E-state index in [1.165, 1.54) is 12.1 Å². The molecule has 2 aromatic rings. The lowest BCUT2D eigenvalue weighted by Gasteiger charge is -1.96. The fourth-order valence-electron chi connectivity index (χ4n) is 1.47. The standard InChI is InChI=1S/C12H9O3PS2/c13-18(14,15)12-8-6-11(7-9-12)16(17)10-4-2-1-3-5-10/h1-9H/p+1. The first-order valence-electron chi connectivity index (χ1n) is 5.08. The molecule has 1 unspecified atom stereocenters. The average molecular weight is 297 g/mol. The van der Waals surface area contributed by atoms with Gasteiger partial charge in [-0.25, -0.2) is 0 Å². The Morgan fingerprint density at radius 1 is 0.889 bits per heavy atom. The lowest BCUT2D eigenvalue weighted by molar-refractivity contribution is 0.483. The van der Waals surface area contributed by atoms with Crippen LogP contribution in [0.5, 0.6) is 0 Å². The average Bonchev–Trinajstić information content (AvgIpc) is 2.38. The van der Waals surface area contributed by atoms with E-state index in [4.69, 9.17) is 16.4 Å². The molecular formula is C12H10O3PS2+. The van der Waals surface area contributed by atoms with Crippen molar-refractivity contribution >= 4 is 39.2 Å². The summed E-state index contributed by atoms with van der Waals surface area (Å²) in [5.41, 5.74) is 0. The van der Waals surface area contributed by atoms with Crippen molar-refractivity contribution in [3.63, 3.8) is 0 Å². The van der Waals surface area contributed by atoms with Crippen molar-refractivity contribution in [3.8, 4) is 0 Å². The molecule has 0 aliphatic rings. The first-order valence-corrected chi connectivity index (χ1v) is 8.88. The molecule has 0 aliphatic carbocycles. The van der Waals surface area contributed by atoms with Gasteiger partial charge in [-0.05, 0) is 36.4 Å². The molecule has 0 bridgehead atoms. The van der Waals surface area contributed by atoms with Crippen LogP contribution in [0.25, 0.3) is 0 Å². The van der Waals surface area contributed by atoms with Crippen LogP contribution in [-0.4, -0.2) is 13.0 Å². The van der Waals surface area contributed by atoms with Crippen molar-refractivity contribution in [1.82, 2.24) is 0 Å². The van der Waals surface area contributed by atoms with E-state index in [-0.39, 0.29) is 4.90 Å². The van der Waals surface area contributed by atoms with Crippen LogP contribution in [-0.2, 0) is 21.9 Å². The summed E-state index contributed by atoms with van der Waals surface area (Å²) in [5, 5.41) is 1.93. The van der Waals surface area contributed by atoms with Crippen molar-refractivity contribution in [3.05, 3.63) is 54.6 Å². The number of hydrogen-bond acceptors (Lipinski definition) is 3. The topological polar surface area (TPSA) is 54.4 Å². The van der Waals surface area contributed by atoms with Crippen LogP contribution in [0.15, 0.2) is 59.5 Å². The van der Waals surface area contributed by atoms with Gasteiger partial charge in [0.25, 0.3) is 10.1 Å². The summed E-state index contributed by atoms with van der Waals surface area (Å²) >= 11 is 5.46. The molecule has 0 spiro atoms. The summed E-state index contributed by atoms with van der Waals surface area (Å²) in [6, 6.07) is 15.7. The highest BCUT2D eigenvalue weighted by atomic mass is 32.4. The first kappa shape index (κ1) is 13.3. The molecule has 0 aliphatic heterocycles. The fourth-order valence-corrected chi connectivity index (χ4v) is 3.84. The summed E-state index contributed by atoms with van der Waals surface area (Å²) < 4.78 is 30.7. The Morgan fingerprint density at radius 3 is 1.89 bits per heavy atom. The van der Waals surface area contributed by atoms with Gasteiger partial charge in [-0.2, -0.15) is 8.42 Å². The van der Waals surface area contributed by atoms with Crippen LogP contribution in [0.2, 0.25) is 0 Å². The van der Waals surface area contributed by atoms with Gasteiger partial charge in [0.2, 0.25) is 6.70 Å². The zero-order chi connectivity index (χ0) is 13.2. The molecule has 1 N–H and O–H groups in total. The quantitative estimate of drug-likeness (QED) is 0.693. The van der Waals surface area contributed by atoms with Crippen LogP contribution in [0.3, 0.4) is 0 Å². The smallest absolute Gasteiger partial charge is 0.282 e. The Labute approximate surface area is 112 Å². The van der Waals surface area contributed by atoms with Gasteiger partial charge in [-0.1, -0.05) is 18.2 Å². The third-order valence-electron chi connectivity index (χ3n) is 2.36. The molecule has 18 heavy (non-hydrogen) atoms. The Bertz CT molecular complexity index is 664. The predicted molar refractivity (Wildman–Crippen MR) is 76.3 cm³/mol. The lowest BCUT2D eigenvalue weighted by atomic mass is 10.4. The fraction of sp³-hybridized carbons (Fsp3) is 0. The predicted octanol–water partition coefficient (Wildman–Crippen LogP) is 1.83. The van der Waals surface area contributed by atoms with Crippen molar-refractivity contribution in [2.45, 2.75) is 4.90 Å². The molecule has 0 saturated heterocycles. The minimum absolute atomic E-state index is 0.113. The molecule has 0 saturated carbocycles. The summed E-state index contributed by atoms with van der Waals surface area (Å²) in [5.74, 6) is 0. The van der Waals surface area contributed by atoms with Crippen molar-refractivity contribution in [2.75, 3.05) is 0 Å². The van der Waals surface area contributed by atoms with Crippen molar-refractivity contribution in [1.29, 1.82) is 0 Å². The van der Waals surface area contributed by atoms with Gasteiger partial charge in [-0.3, -0.25) is 4.55 Å². The maximum absolute atomic E-state index is 10.9. The molecule has 0 radical (unpaired) electrons. The van der Waals surface area contributed by atoms with E-state index < -0.39 is 16.8 Å². The lowest BCUT2D eigenvalue weighted by Crippen LogP contribution is -2.07. The van der Waals surface area contributed by atoms with Gasteiger partial charge < -0.3 is 0 Å². The van der Waals surface area contributed by atoms with E-state index in [2.05, 4.69) is 0 Å². The van der Waals surface area contributed by atoms with Gasteiger partial charge >= 0.3 is 0 Å².